The highest BCUT2D eigenvalue weighted by molar-refractivity contribution is 6.05. The Morgan fingerprint density at radius 3 is 2.70 bits per heavy atom. The molecule has 2 aromatic rings. The zero-order chi connectivity index (χ0) is 16.2. The molecule has 1 aromatic heterocycles. The van der Waals surface area contributed by atoms with E-state index in [1.165, 1.54) is 0 Å². The molecule has 6 heteroatoms. The minimum Gasteiger partial charge on any atom is -0.497 e. The molecule has 6 nitrogen and oxygen atoms in total. The molecule has 1 amide bonds. The molecule has 0 radical (unpaired) electrons. The highest BCUT2D eigenvalue weighted by atomic mass is 16.5. The van der Waals surface area contributed by atoms with Crippen LogP contribution in [0.25, 0.3) is 0 Å². The minimum absolute atomic E-state index is 0.247. The maximum atomic E-state index is 12.5. The van der Waals surface area contributed by atoms with E-state index in [9.17, 15) is 4.79 Å². The number of anilines is 2. The van der Waals surface area contributed by atoms with E-state index in [1.54, 1.807) is 50.9 Å². The third-order valence-corrected chi connectivity index (χ3v) is 3.60. The first-order valence-electron chi connectivity index (χ1n) is 7.44. The van der Waals surface area contributed by atoms with Crippen LogP contribution in [0.1, 0.15) is 23.2 Å². The summed E-state index contributed by atoms with van der Waals surface area (Å²) in [7, 11) is 3.13. The van der Waals surface area contributed by atoms with Crippen molar-refractivity contribution >= 4 is 17.3 Å². The smallest absolute Gasteiger partial charge is 0.257 e. The predicted octanol–water partition coefficient (Wildman–Crippen LogP) is 2.93. The number of hydrogen-bond acceptors (Lipinski definition) is 5. The number of carbonyl (C=O) groups is 1. The Bertz CT molecular complexity index is 714. The molecule has 1 aliphatic rings. The summed E-state index contributed by atoms with van der Waals surface area (Å²) in [5, 5.41) is 6.17. The van der Waals surface area contributed by atoms with E-state index in [4.69, 9.17) is 9.47 Å². The molecule has 1 fully saturated rings. The van der Waals surface area contributed by atoms with Crippen molar-refractivity contribution in [2.24, 2.45) is 0 Å². The molecule has 2 N–H and O–H groups in total. The highest BCUT2D eigenvalue weighted by Crippen LogP contribution is 2.29. The maximum Gasteiger partial charge on any atom is 0.257 e. The Balaban J connectivity index is 1.78. The first-order chi connectivity index (χ1) is 11.2. The SMILES string of the molecule is COc1ccc(OC)c(NC(=O)c2cncc(NC3CC3)c2)c1. The molecule has 0 saturated heterocycles. The third kappa shape index (κ3) is 3.71. The van der Waals surface area contributed by atoms with Crippen molar-refractivity contribution in [3.05, 3.63) is 42.2 Å². The number of nitrogens with zero attached hydrogens (tertiary/aromatic N) is 1. The summed E-state index contributed by atoms with van der Waals surface area (Å²) >= 11 is 0. The molecule has 120 valence electrons. The van der Waals surface area contributed by atoms with E-state index in [0.717, 1.165) is 18.5 Å². The summed E-state index contributed by atoms with van der Waals surface area (Å²) in [6.07, 6.45) is 5.59. The van der Waals surface area contributed by atoms with Gasteiger partial charge in [-0.2, -0.15) is 0 Å². The van der Waals surface area contributed by atoms with Gasteiger partial charge in [0.2, 0.25) is 0 Å². The molecule has 1 aliphatic carbocycles. The fourth-order valence-corrected chi connectivity index (χ4v) is 2.21. The number of aromatic nitrogens is 1. The fraction of sp³-hybridized carbons (Fsp3) is 0.294. The van der Waals surface area contributed by atoms with Gasteiger partial charge in [-0.25, -0.2) is 0 Å². The van der Waals surface area contributed by atoms with E-state index in [1.807, 2.05) is 0 Å². The molecule has 0 bridgehead atoms. The molecule has 1 heterocycles. The highest BCUT2D eigenvalue weighted by Gasteiger charge is 2.21. The topological polar surface area (TPSA) is 72.5 Å². The lowest BCUT2D eigenvalue weighted by molar-refractivity contribution is 0.102. The monoisotopic (exact) mass is 313 g/mol. The number of amides is 1. The van der Waals surface area contributed by atoms with Gasteiger partial charge in [0.05, 0.1) is 31.2 Å². The Morgan fingerprint density at radius 1 is 1.17 bits per heavy atom. The fourth-order valence-electron chi connectivity index (χ4n) is 2.21. The van der Waals surface area contributed by atoms with Crippen LogP contribution < -0.4 is 20.1 Å². The Kier molecular flexibility index (Phi) is 4.32. The normalized spacial score (nSPS) is 13.3. The number of nitrogens with one attached hydrogen (secondary N) is 2. The van der Waals surface area contributed by atoms with Crippen LogP contribution in [0.2, 0.25) is 0 Å². The van der Waals surface area contributed by atoms with Gasteiger partial charge in [0.1, 0.15) is 11.5 Å². The van der Waals surface area contributed by atoms with Gasteiger partial charge in [0.25, 0.3) is 5.91 Å². The maximum absolute atomic E-state index is 12.5. The second-order valence-electron chi connectivity index (χ2n) is 5.40. The number of pyridine rings is 1. The molecule has 3 rings (SSSR count). The first kappa shape index (κ1) is 15.1. The molecule has 0 spiro atoms. The zero-order valence-electron chi connectivity index (χ0n) is 13.1. The largest absolute Gasteiger partial charge is 0.497 e. The van der Waals surface area contributed by atoms with Crippen LogP contribution in [0.15, 0.2) is 36.7 Å². The molecule has 0 aliphatic heterocycles. The molecule has 1 saturated carbocycles. The van der Waals surface area contributed by atoms with Crippen LogP contribution in [-0.2, 0) is 0 Å². The molecular weight excluding hydrogens is 294 g/mol. The molecule has 1 aromatic carbocycles. The van der Waals surface area contributed by atoms with E-state index in [2.05, 4.69) is 15.6 Å². The van der Waals surface area contributed by atoms with Crippen molar-refractivity contribution in [3.8, 4) is 11.5 Å². The average Bonchev–Trinajstić information content (AvgIpc) is 3.39. The van der Waals surface area contributed by atoms with Crippen molar-refractivity contribution in [2.45, 2.75) is 18.9 Å². The van der Waals surface area contributed by atoms with Gasteiger partial charge >= 0.3 is 0 Å². The van der Waals surface area contributed by atoms with Crippen LogP contribution in [0.4, 0.5) is 11.4 Å². The lowest BCUT2D eigenvalue weighted by Crippen LogP contribution is -2.14. The first-order valence-corrected chi connectivity index (χ1v) is 7.44. The number of hydrogen-bond donors (Lipinski definition) is 2. The van der Waals surface area contributed by atoms with E-state index >= 15 is 0 Å². The van der Waals surface area contributed by atoms with Crippen molar-refractivity contribution in [1.29, 1.82) is 0 Å². The molecule has 0 unspecified atom stereocenters. The molecule has 0 atom stereocenters. The van der Waals surface area contributed by atoms with Crippen molar-refractivity contribution in [1.82, 2.24) is 4.98 Å². The number of benzene rings is 1. The number of ether oxygens (including phenoxy) is 2. The summed E-state index contributed by atoms with van der Waals surface area (Å²) < 4.78 is 10.5. The van der Waals surface area contributed by atoms with Gasteiger partial charge in [-0.1, -0.05) is 0 Å². The lowest BCUT2D eigenvalue weighted by atomic mass is 10.2. The second-order valence-corrected chi connectivity index (χ2v) is 5.40. The Labute approximate surface area is 134 Å². The number of rotatable bonds is 6. The zero-order valence-corrected chi connectivity index (χ0v) is 13.1. The van der Waals surface area contributed by atoms with E-state index in [0.29, 0.717) is 28.8 Å². The van der Waals surface area contributed by atoms with Gasteiger partial charge in [0.15, 0.2) is 0 Å². The number of carbonyl (C=O) groups excluding carboxylic acids is 1. The van der Waals surface area contributed by atoms with Gasteiger partial charge in [-0.05, 0) is 31.0 Å². The third-order valence-electron chi connectivity index (χ3n) is 3.60. The number of methoxy groups -OCH3 is 2. The summed E-state index contributed by atoms with van der Waals surface area (Å²) in [4.78, 5) is 16.6. The van der Waals surface area contributed by atoms with Gasteiger partial charge in [-0.3, -0.25) is 9.78 Å². The van der Waals surface area contributed by atoms with Crippen LogP contribution in [-0.4, -0.2) is 31.2 Å². The van der Waals surface area contributed by atoms with Crippen molar-refractivity contribution in [3.63, 3.8) is 0 Å². The average molecular weight is 313 g/mol. The van der Waals surface area contributed by atoms with E-state index < -0.39 is 0 Å². The van der Waals surface area contributed by atoms with Crippen molar-refractivity contribution in [2.75, 3.05) is 24.9 Å². The van der Waals surface area contributed by atoms with Gasteiger partial charge in [-0.15, -0.1) is 0 Å². The van der Waals surface area contributed by atoms with Crippen LogP contribution >= 0.6 is 0 Å². The van der Waals surface area contributed by atoms with Gasteiger partial charge in [0, 0.05) is 24.5 Å². The molecular formula is C17H19N3O3. The molecule has 23 heavy (non-hydrogen) atoms. The summed E-state index contributed by atoms with van der Waals surface area (Å²) in [5.41, 5.74) is 1.90. The van der Waals surface area contributed by atoms with E-state index in [-0.39, 0.29) is 5.91 Å². The van der Waals surface area contributed by atoms with Crippen LogP contribution in [0, 0.1) is 0 Å². The van der Waals surface area contributed by atoms with Crippen LogP contribution in [0.3, 0.4) is 0 Å². The Hall–Kier alpha value is -2.76. The second kappa shape index (κ2) is 6.56. The summed E-state index contributed by atoms with van der Waals surface area (Å²) in [6.45, 7) is 0. The summed E-state index contributed by atoms with van der Waals surface area (Å²) in [6, 6.07) is 7.55. The van der Waals surface area contributed by atoms with Gasteiger partial charge < -0.3 is 20.1 Å². The van der Waals surface area contributed by atoms with Crippen LogP contribution in [0.5, 0.6) is 11.5 Å². The predicted molar refractivity (Wildman–Crippen MR) is 88.4 cm³/mol. The summed E-state index contributed by atoms with van der Waals surface area (Å²) in [5.74, 6) is 0.964. The Morgan fingerprint density at radius 2 is 2.00 bits per heavy atom. The van der Waals surface area contributed by atoms with Crippen molar-refractivity contribution < 1.29 is 14.3 Å². The lowest BCUT2D eigenvalue weighted by Gasteiger charge is -2.12. The quantitative estimate of drug-likeness (QED) is 0.858. The standard InChI is InChI=1S/C17H19N3O3/c1-22-14-5-6-16(23-2)15(8-14)20-17(21)11-7-13(10-18-9-11)19-12-3-4-12/h5-10,12,19H,3-4H2,1-2H3,(H,20,21). The minimum atomic E-state index is -0.247.